The minimum atomic E-state index is 0.534. The summed E-state index contributed by atoms with van der Waals surface area (Å²) < 4.78 is 1.45. The van der Waals surface area contributed by atoms with Gasteiger partial charge in [-0.05, 0) is 84.2 Å². The molecule has 2 heteroatoms. The van der Waals surface area contributed by atoms with E-state index in [1.165, 1.54) is 40.4 Å². The van der Waals surface area contributed by atoms with Crippen LogP contribution in [-0.2, 0) is 0 Å². The molecule has 1 fully saturated rings. The maximum absolute atomic E-state index is 3.85. The fraction of sp³-hybridized carbons (Fsp3) is 0.684. The van der Waals surface area contributed by atoms with Gasteiger partial charge in [0.2, 0.25) is 0 Å². The molecule has 1 saturated carbocycles. The van der Waals surface area contributed by atoms with E-state index in [0.29, 0.717) is 6.04 Å². The van der Waals surface area contributed by atoms with Gasteiger partial charge >= 0.3 is 0 Å². The van der Waals surface area contributed by atoms with Crippen molar-refractivity contribution in [1.29, 1.82) is 0 Å². The Morgan fingerprint density at radius 1 is 1.24 bits per heavy atom. The van der Waals surface area contributed by atoms with Crippen molar-refractivity contribution in [2.45, 2.75) is 59.4 Å². The van der Waals surface area contributed by atoms with E-state index in [2.05, 4.69) is 73.8 Å². The third kappa shape index (κ3) is 4.22. The molecule has 1 nitrogen and oxygen atoms in total. The van der Waals surface area contributed by atoms with Crippen LogP contribution in [0.4, 0.5) is 0 Å². The van der Waals surface area contributed by atoms with Gasteiger partial charge in [0.05, 0.1) is 0 Å². The van der Waals surface area contributed by atoms with Gasteiger partial charge < -0.3 is 5.32 Å². The molecule has 0 saturated heterocycles. The highest BCUT2D eigenvalue weighted by Gasteiger charge is 2.31. The van der Waals surface area contributed by atoms with Gasteiger partial charge in [-0.2, -0.15) is 0 Å². The van der Waals surface area contributed by atoms with Crippen LogP contribution in [0.2, 0.25) is 0 Å². The number of nitrogens with one attached hydrogen (secondary N) is 1. The van der Waals surface area contributed by atoms with E-state index in [0.717, 1.165) is 24.3 Å². The van der Waals surface area contributed by atoms with E-state index in [-0.39, 0.29) is 0 Å². The molecule has 0 aliphatic heterocycles. The zero-order chi connectivity index (χ0) is 15.4. The Labute approximate surface area is 144 Å². The average Bonchev–Trinajstić information content (AvgIpc) is 2.47. The molecule has 118 valence electrons. The van der Waals surface area contributed by atoms with Crippen LogP contribution in [0.3, 0.4) is 0 Å². The predicted octanol–water partition coefficient (Wildman–Crippen LogP) is 5.71. The first kappa shape index (κ1) is 17.3. The van der Waals surface area contributed by atoms with Crippen molar-refractivity contribution in [2.75, 3.05) is 6.54 Å². The Morgan fingerprint density at radius 3 is 2.67 bits per heavy atom. The van der Waals surface area contributed by atoms with Crippen LogP contribution in [-0.4, -0.2) is 6.54 Å². The molecule has 1 aromatic rings. The summed E-state index contributed by atoms with van der Waals surface area (Å²) in [5, 5.41) is 3.85. The molecule has 4 atom stereocenters. The molecule has 1 aromatic carbocycles. The van der Waals surface area contributed by atoms with Crippen molar-refractivity contribution in [1.82, 2.24) is 5.32 Å². The first-order valence-corrected chi connectivity index (χ1v) is 9.60. The van der Waals surface area contributed by atoms with E-state index in [9.17, 15) is 0 Å². The van der Waals surface area contributed by atoms with Crippen LogP contribution in [0.1, 0.15) is 63.6 Å². The number of benzene rings is 1. The Morgan fingerprint density at radius 2 is 2.00 bits per heavy atom. The molecule has 21 heavy (non-hydrogen) atoms. The Bertz CT molecular complexity index is 457. The van der Waals surface area contributed by atoms with Crippen LogP contribution >= 0.6 is 22.6 Å². The Balaban J connectivity index is 2.23. The monoisotopic (exact) mass is 399 g/mol. The highest BCUT2D eigenvalue weighted by molar-refractivity contribution is 14.1. The molecule has 0 aromatic heterocycles. The van der Waals surface area contributed by atoms with Crippen molar-refractivity contribution < 1.29 is 0 Å². The normalized spacial score (nSPS) is 27.6. The van der Waals surface area contributed by atoms with E-state index >= 15 is 0 Å². The minimum absolute atomic E-state index is 0.534. The summed E-state index contributed by atoms with van der Waals surface area (Å²) in [5.41, 5.74) is 2.93. The van der Waals surface area contributed by atoms with Gasteiger partial charge in [0.1, 0.15) is 0 Å². The molecule has 2 rings (SSSR count). The average molecular weight is 399 g/mol. The van der Waals surface area contributed by atoms with Crippen molar-refractivity contribution in [3.8, 4) is 0 Å². The van der Waals surface area contributed by atoms with Crippen LogP contribution in [0.5, 0.6) is 0 Å². The third-order valence-corrected chi connectivity index (χ3v) is 6.75. The van der Waals surface area contributed by atoms with Gasteiger partial charge in [0.15, 0.2) is 0 Å². The van der Waals surface area contributed by atoms with Crippen molar-refractivity contribution >= 4 is 22.6 Å². The molecule has 0 spiro atoms. The first-order valence-electron chi connectivity index (χ1n) is 8.53. The van der Waals surface area contributed by atoms with E-state index in [1.54, 1.807) is 0 Å². The smallest absolute Gasteiger partial charge is 0.0359 e. The third-order valence-electron chi connectivity index (χ3n) is 5.28. The maximum Gasteiger partial charge on any atom is 0.0359 e. The molecular weight excluding hydrogens is 369 g/mol. The minimum Gasteiger partial charge on any atom is -0.310 e. The number of hydrogen-bond donors (Lipinski definition) is 1. The van der Waals surface area contributed by atoms with Crippen LogP contribution in [0.25, 0.3) is 0 Å². The second kappa shape index (κ2) is 7.96. The quantitative estimate of drug-likeness (QED) is 0.625. The lowest BCUT2D eigenvalue weighted by atomic mass is 9.72. The zero-order valence-corrected chi connectivity index (χ0v) is 16.1. The summed E-state index contributed by atoms with van der Waals surface area (Å²) in [6.07, 6.45) is 5.33. The van der Waals surface area contributed by atoms with E-state index in [1.807, 2.05) is 0 Å². The van der Waals surface area contributed by atoms with Crippen LogP contribution in [0.15, 0.2) is 18.2 Å². The Hall–Kier alpha value is -0.0900. The molecule has 0 amide bonds. The SMILES string of the molecule is CCCNC(c1cccc(C)c1I)C1CCC(C)C(C)C1. The van der Waals surface area contributed by atoms with Crippen molar-refractivity contribution in [3.63, 3.8) is 0 Å². The lowest BCUT2D eigenvalue weighted by molar-refractivity contribution is 0.171. The maximum atomic E-state index is 3.85. The van der Waals surface area contributed by atoms with E-state index in [4.69, 9.17) is 0 Å². The summed E-state index contributed by atoms with van der Waals surface area (Å²) in [5.74, 6) is 2.54. The number of halogens is 1. The molecule has 0 heterocycles. The summed E-state index contributed by atoms with van der Waals surface area (Å²) in [6, 6.07) is 7.33. The standard InChI is InChI=1S/C19H30IN/c1-5-11-21-19(16-10-9-13(2)15(4)12-16)17-8-6-7-14(3)18(17)20/h6-8,13,15-16,19,21H,5,9-12H2,1-4H3. The van der Waals surface area contributed by atoms with Crippen molar-refractivity contribution in [2.24, 2.45) is 17.8 Å². The molecule has 4 unspecified atom stereocenters. The number of hydrogen-bond acceptors (Lipinski definition) is 1. The number of aryl methyl sites for hydroxylation is 1. The molecule has 1 N–H and O–H groups in total. The molecule has 1 aliphatic rings. The second-order valence-corrected chi connectivity index (χ2v) is 8.02. The lowest BCUT2D eigenvalue weighted by Gasteiger charge is -2.38. The molecule has 0 radical (unpaired) electrons. The fourth-order valence-electron chi connectivity index (χ4n) is 3.63. The second-order valence-electron chi connectivity index (χ2n) is 6.94. The summed E-state index contributed by atoms with van der Waals surface area (Å²) >= 11 is 2.54. The summed E-state index contributed by atoms with van der Waals surface area (Å²) in [4.78, 5) is 0. The molecular formula is C19H30IN. The van der Waals surface area contributed by atoms with Crippen LogP contribution < -0.4 is 5.32 Å². The van der Waals surface area contributed by atoms with Crippen molar-refractivity contribution in [3.05, 3.63) is 32.9 Å². The summed E-state index contributed by atoms with van der Waals surface area (Å²) in [7, 11) is 0. The van der Waals surface area contributed by atoms with Gasteiger partial charge in [-0.15, -0.1) is 0 Å². The van der Waals surface area contributed by atoms with Gasteiger partial charge in [-0.25, -0.2) is 0 Å². The van der Waals surface area contributed by atoms with Gasteiger partial charge in [0, 0.05) is 9.61 Å². The highest BCUT2D eigenvalue weighted by atomic mass is 127. The largest absolute Gasteiger partial charge is 0.310 e. The van der Waals surface area contributed by atoms with Gasteiger partial charge in [-0.3, -0.25) is 0 Å². The van der Waals surface area contributed by atoms with Gasteiger partial charge in [0.25, 0.3) is 0 Å². The van der Waals surface area contributed by atoms with E-state index < -0.39 is 0 Å². The topological polar surface area (TPSA) is 12.0 Å². The molecule has 0 bridgehead atoms. The van der Waals surface area contributed by atoms with Crippen LogP contribution in [0, 0.1) is 28.2 Å². The summed E-state index contributed by atoms with van der Waals surface area (Å²) in [6.45, 7) is 10.5. The van der Waals surface area contributed by atoms with Gasteiger partial charge in [-0.1, -0.05) is 45.4 Å². The molecule has 1 aliphatic carbocycles. The highest BCUT2D eigenvalue weighted by Crippen LogP contribution is 2.41. The fourth-order valence-corrected chi connectivity index (χ4v) is 4.33. The lowest BCUT2D eigenvalue weighted by Crippen LogP contribution is -2.34. The first-order chi connectivity index (χ1) is 10.0. The predicted molar refractivity (Wildman–Crippen MR) is 101 cm³/mol. The number of rotatable bonds is 5. The zero-order valence-electron chi connectivity index (χ0n) is 14.0. The Kier molecular flexibility index (Phi) is 6.54.